The standard InChI is InChI=1S/C27H23N7O2/c35-26-27(7-10-34(36)11-8-27)20-13-19(4-6-22(20)31-26)24-29-14-23-25(32-24)33(16-30-23)15-17-3-5-21-18(12-17)2-1-9-28-21/h1-6,9,12-14,16,36H,7-8,10-11,15H2,(H,31,35). The van der Waals surface area contributed by atoms with Crippen molar-refractivity contribution in [3.8, 4) is 11.4 Å². The van der Waals surface area contributed by atoms with Gasteiger partial charge in [0.05, 0.1) is 30.0 Å². The zero-order valence-electron chi connectivity index (χ0n) is 19.4. The molecule has 3 aromatic heterocycles. The molecule has 36 heavy (non-hydrogen) atoms. The van der Waals surface area contributed by atoms with Crippen molar-refractivity contribution in [2.75, 3.05) is 18.4 Å². The van der Waals surface area contributed by atoms with E-state index in [9.17, 15) is 10.0 Å². The van der Waals surface area contributed by atoms with Crippen molar-refractivity contribution in [2.45, 2.75) is 24.8 Å². The van der Waals surface area contributed by atoms with Crippen LogP contribution in [0.5, 0.6) is 0 Å². The first-order valence-electron chi connectivity index (χ1n) is 12.0. The van der Waals surface area contributed by atoms with Crippen LogP contribution in [0.15, 0.2) is 67.3 Å². The molecule has 0 saturated carbocycles. The third-order valence-electron chi connectivity index (χ3n) is 7.45. The molecule has 0 unspecified atom stereocenters. The smallest absolute Gasteiger partial charge is 0.235 e. The Morgan fingerprint density at radius 2 is 1.89 bits per heavy atom. The lowest BCUT2D eigenvalue weighted by Crippen LogP contribution is -2.45. The molecule has 0 bridgehead atoms. The van der Waals surface area contributed by atoms with Gasteiger partial charge < -0.3 is 15.1 Å². The number of aromatic nitrogens is 5. The first-order valence-corrected chi connectivity index (χ1v) is 12.0. The highest BCUT2D eigenvalue weighted by atomic mass is 16.5. The fourth-order valence-corrected chi connectivity index (χ4v) is 5.46. The van der Waals surface area contributed by atoms with E-state index in [2.05, 4.69) is 38.5 Å². The first kappa shape index (κ1) is 21.1. The van der Waals surface area contributed by atoms with Crippen LogP contribution in [0.1, 0.15) is 24.0 Å². The number of amides is 1. The average molecular weight is 478 g/mol. The molecule has 1 spiro atoms. The zero-order valence-corrected chi connectivity index (χ0v) is 19.4. The number of rotatable bonds is 3. The van der Waals surface area contributed by atoms with Crippen LogP contribution < -0.4 is 5.32 Å². The summed E-state index contributed by atoms with van der Waals surface area (Å²) in [7, 11) is 0. The maximum absolute atomic E-state index is 12.9. The molecule has 2 N–H and O–H groups in total. The van der Waals surface area contributed by atoms with E-state index in [0.29, 0.717) is 38.3 Å². The number of hydrogen-bond acceptors (Lipinski definition) is 7. The molecule has 2 aliphatic rings. The number of carbonyl (C=O) groups excluding carboxylic acids is 1. The summed E-state index contributed by atoms with van der Waals surface area (Å²) in [6.45, 7) is 1.55. The van der Waals surface area contributed by atoms with Crippen molar-refractivity contribution in [1.82, 2.24) is 29.6 Å². The Morgan fingerprint density at radius 1 is 1.00 bits per heavy atom. The molecule has 0 atom stereocenters. The van der Waals surface area contributed by atoms with Gasteiger partial charge in [-0.3, -0.25) is 9.78 Å². The summed E-state index contributed by atoms with van der Waals surface area (Å²) >= 11 is 0. The number of fused-ring (bicyclic) bond motifs is 4. The van der Waals surface area contributed by atoms with Gasteiger partial charge in [-0.05, 0) is 60.4 Å². The molecule has 2 aromatic carbocycles. The molecule has 1 saturated heterocycles. The zero-order chi connectivity index (χ0) is 24.3. The van der Waals surface area contributed by atoms with E-state index in [1.807, 2.05) is 34.9 Å². The molecule has 1 amide bonds. The second-order valence-corrected chi connectivity index (χ2v) is 9.56. The average Bonchev–Trinajstić information content (AvgIpc) is 3.43. The Labute approximate surface area is 206 Å². The summed E-state index contributed by atoms with van der Waals surface area (Å²) in [5.74, 6) is 0.589. The lowest BCUT2D eigenvalue weighted by atomic mass is 9.73. The molecular weight excluding hydrogens is 454 g/mol. The van der Waals surface area contributed by atoms with E-state index in [-0.39, 0.29) is 5.91 Å². The summed E-state index contributed by atoms with van der Waals surface area (Å²) in [6.07, 6.45) is 6.47. The molecule has 2 aliphatic heterocycles. The van der Waals surface area contributed by atoms with Crippen molar-refractivity contribution in [3.05, 3.63) is 78.4 Å². The Bertz CT molecular complexity index is 1650. The van der Waals surface area contributed by atoms with Gasteiger partial charge in [-0.2, -0.15) is 5.06 Å². The van der Waals surface area contributed by atoms with Crippen LogP contribution in [0.2, 0.25) is 0 Å². The fourth-order valence-electron chi connectivity index (χ4n) is 5.46. The molecule has 5 heterocycles. The number of hydrogen-bond donors (Lipinski definition) is 2. The topological polar surface area (TPSA) is 109 Å². The fraction of sp³-hybridized carbons (Fsp3) is 0.222. The third-order valence-corrected chi connectivity index (χ3v) is 7.45. The molecule has 9 nitrogen and oxygen atoms in total. The highest BCUT2D eigenvalue weighted by Crippen LogP contribution is 2.45. The Morgan fingerprint density at radius 3 is 2.78 bits per heavy atom. The van der Waals surface area contributed by atoms with Crippen LogP contribution in [0.4, 0.5) is 5.69 Å². The van der Waals surface area contributed by atoms with Crippen molar-refractivity contribution in [2.24, 2.45) is 0 Å². The Kier molecular flexibility index (Phi) is 4.63. The number of hydroxylamine groups is 2. The van der Waals surface area contributed by atoms with E-state index in [0.717, 1.165) is 44.4 Å². The van der Waals surface area contributed by atoms with Gasteiger partial charge in [0.15, 0.2) is 11.5 Å². The van der Waals surface area contributed by atoms with Crippen molar-refractivity contribution < 1.29 is 10.0 Å². The third kappa shape index (κ3) is 3.28. The summed E-state index contributed by atoms with van der Waals surface area (Å²) in [4.78, 5) is 31.3. The molecular formula is C27H23N7O2. The van der Waals surface area contributed by atoms with Gasteiger partial charge in [-0.25, -0.2) is 15.0 Å². The summed E-state index contributed by atoms with van der Waals surface area (Å²) < 4.78 is 2.02. The number of carbonyl (C=O) groups is 1. The van der Waals surface area contributed by atoms with Gasteiger partial charge in [-0.1, -0.05) is 12.1 Å². The van der Waals surface area contributed by atoms with Crippen LogP contribution in [0.25, 0.3) is 33.5 Å². The monoisotopic (exact) mass is 477 g/mol. The number of nitrogens with one attached hydrogen (secondary N) is 1. The van der Waals surface area contributed by atoms with Crippen LogP contribution in [0, 0.1) is 0 Å². The van der Waals surface area contributed by atoms with E-state index >= 15 is 0 Å². The molecule has 7 rings (SSSR count). The number of pyridine rings is 1. The Hall–Kier alpha value is -4.21. The van der Waals surface area contributed by atoms with E-state index in [1.54, 1.807) is 18.7 Å². The minimum absolute atomic E-state index is 0.00258. The van der Waals surface area contributed by atoms with Gasteiger partial charge in [0.1, 0.15) is 5.52 Å². The molecule has 0 radical (unpaired) electrons. The molecule has 9 heteroatoms. The minimum Gasteiger partial charge on any atom is -0.325 e. The predicted octanol–water partition coefficient (Wildman–Crippen LogP) is 3.76. The Balaban J connectivity index is 1.25. The van der Waals surface area contributed by atoms with Crippen molar-refractivity contribution >= 4 is 33.7 Å². The summed E-state index contributed by atoms with van der Waals surface area (Å²) in [5, 5.41) is 15.3. The molecule has 0 aliphatic carbocycles. The first-order chi connectivity index (χ1) is 17.6. The molecule has 178 valence electrons. The van der Waals surface area contributed by atoms with Crippen LogP contribution >= 0.6 is 0 Å². The van der Waals surface area contributed by atoms with E-state index in [4.69, 9.17) is 4.98 Å². The number of nitrogens with zero attached hydrogens (tertiary/aromatic N) is 6. The highest BCUT2D eigenvalue weighted by Gasteiger charge is 2.48. The summed E-state index contributed by atoms with van der Waals surface area (Å²) in [5.41, 5.74) is 5.59. The predicted molar refractivity (Wildman–Crippen MR) is 135 cm³/mol. The van der Waals surface area contributed by atoms with E-state index < -0.39 is 5.41 Å². The van der Waals surface area contributed by atoms with Gasteiger partial charge in [0.25, 0.3) is 0 Å². The quantitative estimate of drug-likeness (QED) is 0.407. The number of anilines is 1. The lowest BCUT2D eigenvalue weighted by Gasteiger charge is -2.35. The maximum atomic E-state index is 12.9. The maximum Gasteiger partial charge on any atom is 0.235 e. The normalized spacial score (nSPS) is 17.1. The van der Waals surface area contributed by atoms with Crippen molar-refractivity contribution in [1.29, 1.82) is 0 Å². The summed E-state index contributed by atoms with van der Waals surface area (Å²) in [6, 6.07) is 16.1. The number of benzene rings is 2. The number of piperidine rings is 1. The SMILES string of the molecule is O=C1Nc2ccc(-c3ncc4ncn(Cc5ccc6ncccc6c5)c4n3)cc2C12CCN(O)CC2. The van der Waals surface area contributed by atoms with Gasteiger partial charge in [-0.15, -0.1) is 0 Å². The largest absolute Gasteiger partial charge is 0.325 e. The van der Waals surface area contributed by atoms with Gasteiger partial charge in [0.2, 0.25) is 5.91 Å². The molecule has 1 fully saturated rings. The highest BCUT2D eigenvalue weighted by molar-refractivity contribution is 6.06. The minimum atomic E-state index is -0.624. The van der Waals surface area contributed by atoms with Crippen LogP contribution in [-0.2, 0) is 16.8 Å². The lowest BCUT2D eigenvalue weighted by molar-refractivity contribution is -0.135. The molecule has 5 aromatic rings. The van der Waals surface area contributed by atoms with Crippen LogP contribution in [0.3, 0.4) is 0 Å². The second-order valence-electron chi connectivity index (χ2n) is 9.56. The van der Waals surface area contributed by atoms with E-state index in [1.165, 1.54) is 5.06 Å². The van der Waals surface area contributed by atoms with Crippen molar-refractivity contribution in [3.63, 3.8) is 0 Å². The number of imidazole rings is 1. The van der Waals surface area contributed by atoms with Crippen LogP contribution in [-0.4, -0.2) is 53.8 Å². The van der Waals surface area contributed by atoms with Gasteiger partial charge in [0, 0.05) is 35.9 Å². The van der Waals surface area contributed by atoms with Gasteiger partial charge >= 0.3 is 0 Å². The second kappa shape index (κ2) is 7.91.